The maximum Gasteiger partial charge on any atom is 0.333 e. The summed E-state index contributed by atoms with van der Waals surface area (Å²) in [5.74, 6) is -0.382. The summed E-state index contributed by atoms with van der Waals surface area (Å²) in [6.07, 6.45) is 0. The quantitative estimate of drug-likeness (QED) is 0.312. The van der Waals surface area contributed by atoms with Crippen LogP contribution in [0.1, 0.15) is 13.8 Å². The number of esters is 1. The normalized spacial score (nSPS) is 11.3. The number of carbonyl (C=O) groups is 1. The van der Waals surface area contributed by atoms with E-state index in [1.807, 2.05) is 0 Å². The van der Waals surface area contributed by atoms with Crippen molar-refractivity contribution in [2.45, 2.75) is 13.8 Å². The summed E-state index contributed by atoms with van der Waals surface area (Å²) in [5.41, 5.74) is 0.350. The van der Waals surface area contributed by atoms with Crippen molar-refractivity contribution in [3.8, 4) is 0 Å². The average molecular weight is 309 g/mol. The van der Waals surface area contributed by atoms with E-state index in [2.05, 4.69) is 11.3 Å². The minimum absolute atomic E-state index is 0.0546. The Labute approximate surface area is 120 Å². The molecule has 0 amide bonds. The maximum atomic E-state index is 11.1. The van der Waals surface area contributed by atoms with Crippen LogP contribution in [0, 0.1) is 0 Å². The van der Waals surface area contributed by atoms with Crippen molar-refractivity contribution in [2.75, 3.05) is 45.3 Å². The zero-order chi connectivity index (χ0) is 15.4. The molecular formula is C12H23NO6S. The number of hydrogen-bond donors (Lipinski definition) is 1. The number of hydrogen-bond acceptors (Lipinski definition) is 6. The topological polar surface area (TPSA) is 90.9 Å². The van der Waals surface area contributed by atoms with Gasteiger partial charge in [0.15, 0.2) is 0 Å². The predicted molar refractivity (Wildman–Crippen MR) is 74.9 cm³/mol. The molecule has 20 heavy (non-hydrogen) atoms. The van der Waals surface area contributed by atoms with Gasteiger partial charge in [-0.25, -0.2) is 17.9 Å². The van der Waals surface area contributed by atoms with Crippen molar-refractivity contribution in [3.05, 3.63) is 12.2 Å². The molecule has 8 heteroatoms. The van der Waals surface area contributed by atoms with E-state index in [1.54, 1.807) is 13.8 Å². The molecule has 0 aromatic heterocycles. The first-order valence-electron chi connectivity index (χ1n) is 6.34. The number of nitrogens with one attached hydrogen (secondary N) is 1. The molecule has 0 fully saturated rings. The number of ether oxygens (including phenoxy) is 3. The third-order valence-corrected chi connectivity index (χ3v) is 3.53. The number of rotatable bonds is 12. The molecule has 0 bridgehead atoms. The number of sulfonamides is 1. The lowest BCUT2D eigenvalue weighted by atomic mass is 10.4. The molecule has 0 aliphatic rings. The summed E-state index contributed by atoms with van der Waals surface area (Å²) in [6.45, 7) is 8.27. The van der Waals surface area contributed by atoms with Crippen LogP contribution in [0.15, 0.2) is 12.2 Å². The van der Waals surface area contributed by atoms with Gasteiger partial charge in [-0.05, 0) is 13.8 Å². The zero-order valence-electron chi connectivity index (χ0n) is 12.0. The first-order valence-corrected chi connectivity index (χ1v) is 7.99. The lowest BCUT2D eigenvalue weighted by Crippen LogP contribution is -2.29. The predicted octanol–water partition coefficient (Wildman–Crippen LogP) is 0.0782. The molecule has 1 N–H and O–H groups in total. The maximum absolute atomic E-state index is 11.1. The van der Waals surface area contributed by atoms with E-state index in [4.69, 9.17) is 14.2 Å². The Kier molecular flexibility index (Phi) is 10.3. The second kappa shape index (κ2) is 10.8. The highest BCUT2D eigenvalue weighted by Crippen LogP contribution is 1.91. The van der Waals surface area contributed by atoms with Crippen molar-refractivity contribution in [1.82, 2.24) is 4.72 Å². The second-order valence-corrected chi connectivity index (χ2v) is 6.03. The van der Waals surface area contributed by atoms with E-state index in [0.29, 0.717) is 18.8 Å². The van der Waals surface area contributed by atoms with E-state index in [0.717, 1.165) is 0 Å². The highest BCUT2D eigenvalue weighted by molar-refractivity contribution is 7.89. The van der Waals surface area contributed by atoms with Gasteiger partial charge in [0.1, 0.15) is 6.61 Å². The van der Waals surface area contributed by atoms with Crippen LogP contribution in [-0.2, 0) is 29.0 Å². The Hall–Kier alpha value is -0.960. The molecule has 0 radical (unpaired) electrons. The average Bonchev–Trinajstić information content (AvgIpc) is 2.40. The third kappa shape index (κ3) is 10.9. The standard InChI is InChI=1S/C12H23NO6S/c1-4-20(15,16)13-5-6-17-7-8-18-9-10-19-12(14)11(2)3/h13H,2,4-10H2,1,3H3. The second-order valence-electron chi connectivity index (χ2n) is 3.94. The smallest absolute Gasteiger partial charge is 0.333 e. The Bertz CT molecular complexity index is 393. The Balaban J connectivity index is 3.30. The molecule has 0 unspecified atom stereocenters. The van der Waals surface area contributed by atoms with Crippen molar-refractivity contribution < 1.29 is 27.4 Å². The monoisotopic (exact) mass is 309 g/mol. The summed E-state index contributed by atoms with van der Waals surface area (Å²) >= 11 is 0. The molecule has 0 saturated carbocycles. The van der Waals surface area contributed by atoms with Crippen LogP contribution < -0.4 is 4.72 Å². The van der Waals surface area contributed by atoms with Gasteiger partial charge >= 0.3 is 5.97 Å². The molecule has 0 rings (SSSR count). The van der Waals surface area contributed by atoms with E-state index in [1.165, 1.54) is 0 Å². The molecule has 0 aliphatic carbocycles. The molecule has 0 aliphatic heterocycles. The van der Waals surface area contributed by atoms with Crippen molar-refractivity contribution >= 4 is 16.0 Å². The van der Waals surface area contributed by atoms with Crippen LogP contribution in [0.4, 0.5) is 0 Å². The van der Waals surface area contributed by atoms with Crippen molar-refractivity contribution in [1.29, 1.82) is 0 Å². The number of carbonyl (C=O) groups excluding carboxylic acids is 1. The fourth-order valence-electron chi connectivity index (χ4n) is 1.01. The molecule has 0 heterocycles. The lowest BCUT2D eigenvalue weighted by molar-refractivity contribution is -0.140. The molecule has 118 valence electrons. The van der Waals surface area contributed by atoms with Gasteiger partial charge in [0.25, 0.3) is 0 Å². The van der Waals surface area contributed by atoms with Crippen LogP contribution in [0.2, 0.25) is 0 Å². The van der Waals surface area contributed by atoms with E-state index in [-0.39, 0.29) is 32.1 Å². The highest BCUT2D eigenvalue weighted by atomic mass is 32.2. The lowest BCUT2D eigenvalue weighted by Gasteiger charge is -2.07. The van der Waals surface area contributed by atoms with Crippen LogP contribution in [-0.4, -0.2) is 59.7 Å². The largest absolute Gasteiger partial charge is 0.460 e. The van der Waals surface area contributed by atoms with Crippen molar-refractivity contribution in [3.63, 3.8) is 0 Å². The fourth-order valence-corrected chi connectivity index (χ4v) is 1.61. The third-order valence-electron chi connectivity index (χ3n) is 2.13. The van der Waals surface area contributed by atoms with E-state index < -0.39 is 16.0 Å². The zero-order valence-corrected chi connectivity index (χ0v) is 12.8. The van der Waals surface area contributed by atoms with Crippen LogP contribution in [0.25, 0.3) is 0 Å². The molecule has 0 aromatic rings. The molecule has 0 spiro atoms. The van der Waals surface area contributed by atoms with E-state index in [9.17, 15) is 13.2 Å². The fraction of sp³-hybridized carbons (Fsp3) is 0.750. The summed E-state index contributed by atoms with van der Waals surface area (Å²) in [6, 6.07) is 0. The highest BCUT2D eigenvalue weighted by Gasteiger charge is 2.04. The van der Waals surface area contributed by atoms with Crippen LogP contribution in [0.5, 0.6) is 0 Å². The molecule has 7 nitrogen and oxygen atoms in total. The van der Waals surface area contributed by atoms with Crippen LogP contribution >= 0.6 is 0 Å². The first kappa shape index (κ1) is 19.0. The van der Waals surface area contributed by atoms with Gasteiger partial charge in [-0.3, -0.25) is 0 Å². The molecular weight excluding hydrogens is 286 g/mol. The minimum atomic E-state index is -3.16. The van der Waals surface area contributed by atoms with Crippen LogP contribution in [0.3, 0.4) is 0 Å². The van der Waals surface area contributed by atoms with Gasteiger partial charge in [0, 0.05) is 12.1 Å². The van der Waals surface area contributed by atoms with Gasteiger partial charge in [0.2, 0.25) is 10.0 Å². The van der Waals surface area contributed by atoms with Gasteiger partial charge in [-0.2, -0.15) is 0 Å². The summed E-state index contributed by atoms with van der Waals surface area (Å²) in [7, 11) is -3.16. The molecule has 0 aromatic carbocycles. The Morgan fingerprint density at radius 1 is 1.10 bits per heavy atom. The van der Waals surface area contributed by atoms with Gasteiger partial charge in [-0.15, -0.1) is 0 Å². The first-order chi connectivity index (χ1) is 9.39. The van der Waals surface area contributed by atoms with E-state index >= 15 is 0 Å². The summed E-state index contributed by atoms with van der Waals surface area (Å²) in [4.78, 5) is 11.0. The SMILES string of the molecule is C=C(C)C(=O)OCCOCCOCCNS(=O)(=O)CC. The Morgan fingerprint density at radius 3 is 2.20 bits per heavy atom. The molecule has 0 atom stereocenters. The summed E-state index contributed by atoms with van der Waals surface area (Å²) in [5, 5.41) is 0. The van der Waals surface area contributed by atoms with Gasteiger partial charge < -0.3 is 14.2 Å². The van der Waals surface area contributed by atoms with Crippen molar-refractivity contribution in [2.24, 2.45) is 0 Å². The van der Waals surface area contributed by atoms with Gasteiger partial charge in [0.05, 0.1) is 32.2 Å². The molecule has 0 saturated heterocycles. The Morgan fingerprint density at radius 2 is 1.65 bits per heavy atom. The van der Waals surface area contributed by atoms with Gasteiger partial charge in [-0.1, -0.05) is 6.58 Å². The minimum Gasteiger partial charge on any atom is -0.460 e. The summed E-state index contributed by atoms with van der Waals surface area (Å²) < 4.78 is 39.7.